The molecule has 0 fully saturated rings. The van der Waals surface area contributed by atoms with Gasteiger partial charge in [0.25, 0.3) is 11.8 Å². The van der Waals surface area contributed by atoms with Crippen LogP contribution in [0.5, 0.6) is 0 Å². The van der Waals surface area contributed by atoms with Crippen LogP contribution < -0.4 is 38.3 Å². The second-order valence-electron chi connectivity index (χ2n) is 6.41. The minimum Gasteiger partial charge on any atom is -0.480 e. The molecule has 0 aliphatic heterocycles. The molecule has 0 radical (unpaired) electrons. The number of amides is 6. The fourth-order valence-electron chi connectivity index (χ4n) is 1.99. The number of hydrazine groups is 1. The van der Waals surface area contributed by atoms with Gasteiger partial charge in [0, 0.05) is 0 Å². The Bertz CT molecular complexity index is 717. The van der Waals surface area contributed by atoms with Crippen molar-refractivity contribution in [2.75, 3.05) is 13.2 Å². The van der Waals surface area contributed by atoms with Gasteiger partial charge in [0.2, 0.25) is 11.8 Å². The van der Waals surface area contributed by atoms with E-state index in [1.807, 2.05) is 26.8 Å². The summed E-state index contributed by atoms with van der Waals surface area (Å²) in [6.45, 7) is -0.604. The number of carboxylic acid groups (broad SMARTS) is 1. The summed E-state index contributed by atoms with van der Waals surface area (Å²) in [5, 5.41) is 42.1. The molecule has 17 nitrogen and oxygen atoms in total. The fourth-order valence-corrected chi connectivity index (χ4v) is 1.99. The van der Waals surface area contributed by atoms with Gasteiger partial charge in [0.1, 0.15) is 18.1 Å². The van der Waals surface area contributed by atoms with Crippen LogP contribution >= 0.6 is 0 Å². The number of carbonyl (C=O) groups excluding carboxylic acids is 5. The van der Waals surface area contributed by atoms with E-state index in [1.165, 1.54) is 0 Å². The number of rotatable bonds is 12. The van der Waals surface area contributed by atoms with Gasteiger partial charge in [-0.2, -0.15) is 0 Å². The fraction of sp³-hybridized carbons (Fsp3) is 0.600. The van der Waals surface area contributed by atoms with Crippen LogP contribution in [0.2, 0.25) is 0 Å². The third-order valence-corrected chi connectivity index (χ3v) is 3.72. The predicted octanol–water partition coefficient (Wildman–Crippen LogP) is -6.69. The molecule has 0 spiro atoms. The Labute approximate surface area is 180 Å². The number of hydrogen-bond acceptors (Lipinski definition) is 10. The number of carbonyl (C=O) groups is 6. The van der Waals surface area contributed by atoms with Crippen LogP contribution in [0.25, 0.3) is 0 Å². The highest BCUT2D eigenvalue weighted by atomic mass is 16.4. The molecule has 0 saturated heterocycles. The molecule has 0 saturated carbocycles. The van der Waals surface area contributed by atoms with Crippen molar-refractivity contribution in [3.63, 3.8) is 0 Å². The molecule has 0 aliphatic carbocycles. The molecule has 0 rings (SSSR count). The first-order valence-electron chi connectivity index (χ1n) is 8.97. The van der Waals surface area contributed by atoms with Gasteiger partial charge in [-0.15, -0.1) is 0 Å². The van der Waals surface area contributed by atoms with Crippen molar-refractivity contribution in [2.45, 2.75) is 43.6 Å². The second kappa shape index (κ2) is 13.7. The number of aliphatic hydroxyl groups excluding tert-OH is 3. The SMILES string of the molecule is CC(O)C(NC(=O)NC(CO)C(=O)O)C(=O)NNC(=O)C(CC(N)=O)NC(=O)C(N)CO. The van der Waals surface area contributed by atoms with Crippen LogP contribution in [0.15, 0.2) is 0 Å². The number of carboxylic acids is 1. The van der Waals surface area contributed by atoms with Gasteiger partial charge in [0.05, 0.1) is 25.7 Å². The van der Waals surface area contributed by atoms with Crippen molar-refractivity contribution >= 4 is 35.6 Å². The molecule has 0 aromatic carbocycles. The zero-order chi connectivity index (χ0) is 25.0. The van der Waals surface area contributed by atoms with Gasteiger partial charge in [0.15, 0.2) is 6.04 Å². The van der Waals surface area contributed by atoms with E-state index in [0.29, 0.717) is 0 Å². The lowest BCUT2D eigenvalue weighted by Crippen LogP contribution is -2.61. The van der Waals surface area contributed by atoms with Crippen LogP contribution in [0, 0.1) is 0 Å². The van der Waals surface area contributed by atoms with E-state index in [9.17, 15) is 33.9 Å². The lowest BCUT2D eigenvalue weighted by Gasteiger charge is -2.23. The Morgan fingerprint density at radius 3 is 1.84 bits per heavy atom. The first-order chi connectivity index (χ1) is 14.8. The minimum absolute atomic E-state index is 0.691. The molecule has 0 heterocycles. The van der Waals surface area contributed by atoms with Gasteiger partial charge in [-0.3, -0.25) is 30.0 Å². The molecule has 0 aromatic heterocycles. The monoisotopic (exact) mass is 465 g/mol. The van der Waals surface area contributed by atoms with Gasteiger partial charge in [-0.25, -0.2) is 9.59 Å². The van der Waals surface area contributed by atoms with Gasteiger partial charge in [-0.1, -0.05) is 0 Å². The summed E-state index contributed by atoms with van der Waals surface area (Å²) in [4.78, 5) is 69.9. The van der Waals surface area contributed by atoms with Crippen molar-refractivity contribution in [3.05, 3.63) is 0 Å². The van der Waals surface area contributed by atoms with E-state index >= 15 is 0 Å². The largest absolute Gasteiger partial charge is 0.480 e. The number of primary amides is 1. The van der Waals surface area contributed by atoms with Crippen molar-refractivity contribution in [1.82, 2.24) is 26.8 Å². The molecule has 5 atom stereocenters. The quantitative estimate of drug-likeness (QED) is 0.120. The number of hydrogen-bond donors (Lipinski definition) is 11. The van der Waals surface area contributed by atoms with E-state index in [2.05, 4.69) is 0 Å². The molecular weight excluding hydrogens is 438 g/mol. The van der Waals surface area contributed by atoms with Crippen molar-refractivity contribution in [3.8, 4) is 0 Å². The summed E-state index contributed by atoms with van der Waals surface area (Å²) in [7, 11) is 0. The minimum atomic E-state index is -1.70. The normalized spacial score (nSPS) is 15.2. The summed E-state index contributed by atoms with van der Waals surface area (Å²) >= 11 is 0. The van der Waals surface area contributed by atoms with Crippen LogP contribution in [0.1, 0.15) is 13.3 Å². The smallest absolute Gasteiger partial charge is 0.328 e. The number of urea groups is 1. The maximum absolute atomic E-state index is 12.2. The first-order valence-corrected chi connectivity index (χ1v) is 8.97. The van der Waals surface area contributed by atoms with E-state index in [4.69, 9.17) is 26.8 Å². The standard InChI is InChI=1S/C15H27N7O10/c1-5(25)10(20-15(32)19-8(4-24)14(30)31)13(29)22-21-12(28)7(2-9(17)26)18-11(27)6(16)3-23/h5-8,10,23-25H,2-4,16H2,1H3,(H2,17,26)(H,18,27)(H,21,28)(H,22,29)(H,30,31)(H2,19,20,32). The van der Waals surface area contributed by atoms with Crippen LogP contribution in [0.3, 0.4) is 0 Å². The number of aliphatic hydroxyl groups is 3. The summed E-state index contributed by atoms with van der Waals surface area (Å²) in [6, 6.07) is -7.59. The molecule has 6 amide bonds. The van der Waals surface area contributed by atoms with Gasteiger partial charge < -0.3 is 47.8 Å². The Balaban J connectivity index is 5.08. The molecule has 32 heavy (non-hydrogen) atoms. The lowest BCUT2D eigenvalue weighted by atomic mass is 10.1. The summed E-state index contributed by atoms with van der Waals surface area (Å²) < 4.78 is 0. The average Bonchev–Trinajstić information content (AvgIpc) is 2.71. The second-order valence-corrected chi connectivity index (χ2v) is 6.41. The summed E-state index contributed by atoms with van der Waals surface area (Å²) in [6.07, 6.45) is -2.22. The Hall–Kier alpha value is -3.54. The van der Waals surface area contributed by atoms with Crippen LogP contribution in [-0.4, -0.2) is 99.5 Å². The van der Waals surface area contributed by atoms with Gasteiger partial charge in [-0.05, 0) is 6.92 Å². The highest BCUT2D eigenvalue weighted by Crippen LogP contribution is 1.96. The number of nitrogens with one attached hydrogen (secondary N) is 5. The highest BCUT2D eigenvalue weighted by Gasteiger charge is 2.30. The highest BCUT2D eigenvalue weighted by molar-refractivity contribution is 5.95. The molecule has 0 aliphatic rings. The summed E-state index contributed by atoms with van der Waals surface area (Å²) in [5.41, 5.74) is 14.0. The van der Waals surface area contributed by atoms with Gasteiger partial charge >= 0.3 is 12.0 Å². The molecular formula is C15H27N7O10. The van der Waals surface area contributed by atoms with E-state index in [0.717, 1.165) is 6.92 Å². The molecule has 182 valence electrons. The molecule has 5 unspecified atom stereocenters. The molecule has 0 aromatic rings. The zero-order valence-corrected chi connectivity index (χ0v) is 16.9. The Kier molecular flexibility index (Phi) is 12.2. The molecule has 13 N–H and O–H groups in total. The van der Waals surface area contributed by atoms with E-state index < -0.39 is 85.5 Å². The number of nitrogens with two attached hydrogens (primary N) is 2. The van der Waals surface area contributed by atoms with Crippen molar-refractivity contribution in [1.29, 1.82) is 0 Å². The van der Waals surface area contributed by atoms with Crippen molar-refractivity contribution < 1.29 is 49.2 Å². The Morgan fingerprint density at radius 2 is 1.41 bits per heavy atom. The Morgan fingerprint density at radius 1 is 0.844 bits per heavy atom. The number of aliphatic carboxylic acids is 1. The average molecular weight is 465 g/mol. The topological polar surface area (TPSA) is 296 Å². The first kappa shape index (κ1) is 28.5. The van der Waals surface area contributed by atoms with Crippen LogP contribution in [-0.2, 0) is 24.0 Å². The molecule has 17 heteroatoms. The maximum atomic E-state index is 12.2. The van der Waals surface area contributed by atoms with Crippen molar-refractivity contribution in [2.24, 2.45) is 11.5 Å². The lowest BCUT2D eigenvalue weighted by molar-refractivity contribution is -0.140. The third-order valence-electron chi connectivity index (χ3n) is 3.72. The zero-order valence-electron chi connectivity index (χ0n) is 16.9. The third kappa shape index (κ3) is 9.98. The molecule has 0 bridgehead atoms. The van der Waals surface area contributed by atoms with Crippen LogP contribution in [0.4, 0.5) is 4.79 Å². The van der Waals surface area contributed by atoms with E-state index in [-0.39, 0.29) is 0 Å². The predicted molar refractivity (Wildman–Crippen MR) is 103 cm³/mol. The van der Waals surface area contributed by atoms with E-state index in [1.54, 1.807) is 0 Å². The summed E-state index contributed by atoms with van der Waals surface area (Å²) in [5.74, 6) is -5.84. The maximum Gasteiger partial charge on any atom is 0.328 e.